The van der Waals surface area contributed by atoms with E-state index in [-0.39, 0.29) is 5.54 Å². The Morgan fingerprint density at radius 3 is 2.71 bits per heavy atom. The van der Waals surface area contributed by atoms with Crippen LogP contribution in [-0.2, 0) is 5.54 Å². The molecule has 0 bridgehead atoms. The maximum Gasteiger partial charge on any atom is 0.113 e. The third kappa shape index (κ3) is 1.69. The van der Waals surface area contributed by atoms with E-state index in [1.165, 1.54) is 4.70 Å². The molecule has 0 unspecified atom stereocenters. The third-order valence-electron chi connectivity index (χ3n) is 1.92. The van der Waals surface area contributed by atoms with Gasteiger partial charge in [-0.1, -0.05) is 6.07 Å². The Kier molecular flexibility index (Phi) is 2.37. The molecule has 0 aliphatic heterocycles. The van der Waals surface area contributed by atoms with Crippen molar-refractivity contribution < 1.29 is 0 Å². The standard InChI is InChI=1S/C10H11BrN2S/c1-10(2,12)9-13-7-5-3-4-6(11)8(7)14-9/h3-5H,12H2,1-2H3. The quantitative estimate of drug-likeness (QED) is 0.864. The summed E-state index contributed by atoms with van der Waals surface area (Å²) < 4.78 is 2.25. The monoisotopic (exact) mass is 270 g/mol. The number of hydrogen-bond acceptors (Lipinski definition) is 3. The Bertz CT molecular complexity index is 470. The van der Waals surface area contributed by atoms with Crippen molar-refractivity contribution in [2.24, 2.45) is 5.73 Å². The van der Waals surface area contributed by atoms with Gasteiger partial charge in [0.2, 0.25) is 0 Å². The Hall–Kier alpha value is -0.450. The van der Waals surface area contributed by atoms with E-state index in [0.717, 1.165) is 15.0 Å². The minimum absolute atomic E-state index is 0.358. The van der Waals surface area contributed by atoms with Crippen LogP contribution in [0.1, 0.15) is 18.9 Å². The van der Waals surface area contributed by atoms with E-state index >= 15 is 0 Å². The molecular formula is C10H11BrN2S. The number of nitrogens with two attached hydrogens (primary N) is 1. The Morgan fingerprint density at radius 1 is 1.43 bits per heavy atom. The van der Waals surface area contributed by atoms with Gasteiger partial charge in [0.05, 0.1) is 15.8 Å². The lowest BCUT2D eigenvalue weighted by molar-refractivity contribution is 0.551. The lowest BCUT2D eigenvalue weighted by Gasteiger charge is -2.13. The van der Waals surface area contributed by atoms with E-state index in [1.54, 1.807) is 11.3 Å². The second-order valence-corrected chi connectivity index (χ2v) is 5.68. The molecule has 2 rings (SSSR count). The molecule has 2 aromatic rings. The molecule has 0 saturated carbocycles. The molecule has 0 atom stereocenters. The molecule has 0 fully saturated rings. The van der Waals surface area contributed by atoms with Crippen molar-refractivity contribution in [3.63, 3.8) is 0 Å². The van der Waals surface area contributed by atoms with Crippen molar-refractivity contribution in [1.82, 2.24) is 4.98 Å². The van der Waals surface area contributed by atoms with Crippen LogP contribution in [-0.4, -0.2) is 4.98 Å². The van der Waals surface area contributed by atoms with Crippen molar-refractivity contribution in [2.75, 3.05) is 0 Å². The second-order valence-electron chi connectivity index (χ2n) is 3.83. The highest BCUT2D eigenvalue weighted by Crippen LogP contribution is 2.32. The highest BCUT2D eigenvalue weighted by Gasteiger charge is 2.19. The van der Waals surface area contributed by atoms with Crippen LogP contribution in [0.2, 0.25) is 0 Å². The van der Waals surface area contributed by atoms with Gasteiger partial charge in [-0.3, -0.25) is 0 Å². The highest BCUT2D eigenvalue weighted by molar-refractivity contribution is 9.10. The zero-order chi connectivity index (χ0) is 10.3. The van der Waals surface area contributed by atoms with Gasteiger partial charge in [0.15, 0.2) is 0 Å². The van der Waals surface area contributed by atoms with E-state index < -0.39 is 0 Å². The van der Waals surface area contributed by atoms with Gasteiger partial charge in [0.25, 0.3) is 0 Å². The molecule has 0 saturated heterocycles. The molecule has 74 valence electrons. The fourth-order valence-electron chi connectivity index (χ4n) is 1.19. The molecule has 1 aromatic heterocycles. The number of benzene rings is 1. The first-order valence-electron chi connectivity index (χ1n) is 4.33. The first kappa shape index (κ1) is 10.1. The molecule has 0 radical (unpaired) electrons. The highest BCUT2D eigenvalue weighted by atomic mass is 79.9. The van der Waals surface area contributed by atoms with Crippen LogP contribution in [0.15, 0.2) is 22.7 Å². The fourth-order valence-corrected chi connectivity index (χ4v) is 2.77. The normalized spacial score (nSPS) is 12.3. The summed E-state index contributed by atoms with van der Waals surface area (Å²) in [5.41, 5.74) is 6.66. The van der Waals surface area contributed by atoms with Crippen LogP contribution < -0.4 is 5.73 Å². The maximum atomic E-state index is 6.00. The first-order chi connectivity index (χ1) is 6.48. The van der Waals surface area contributed by atoms with Gasteiger partial charge in [0, 0.05) is 4.47 Å². The molecule has 2 nitrogen and oxygen atoms in total. The topological polar surface area (TPSA) is 38.9 Å². The van der Waals surface area contributed by atoms with Gasteiger partial charge in [-0.05, 0) is 41.9 Å². The van der Waals surface area contributed by atoms with Crippen molar-refractivity contribution in [1.29, 1.82) is 0 Å². The summed E-state index contributed by atoms with van der Waals surface area (Å²) in [4.78, 5) is 4.51. The van der Waals surface area contributed by atoms with Crippen molar-refractivity contribution in [3.05, 3.63) is 27.7 Å². The van der Waals surface area contributed by atoms with Gasteiger partial charge < -0.3 is 5.73 Å². The predicted molar refractivity (Wildman–Crippen MR) is 64.5 cm³/mol. The van der Waals surface area contributed by atoms with Crippen molar-refractivity contribution in [2.45, 2.75) is 19.4 Å². The Balaban J connectivity index is 2.69. The molecular weight excluding hydrogens is 260 g/mol. The number of nitrogens with zero attached hydrogens (tertiary/aromatic N) is 1. The summed E-state index contributed by atoms with van der Waals surface area (Å²) in [7, 11) is 0. The second kappa shape index (κ2) is 3.29. The Morgan fingerprint density at radius 2 is 2.14 bits per heavy atom. The van der Waals surface area contributed by atoms with E-state index in [0.29, 0.717) is 0 Å². The van der Waals surface area contributed by atoms with Crippen LogP contribution in [0.3, 0.4) is 0 Å². The molecule has 1 heterocycles. The largest absolute Gasteiger partial charge is 0.320 e. The van der Waals surface area contributed by atoms with E-state index in [4.69, 9.17) is 5.73 Å². The smallest absolute Gasteiger partial charge is 0.113 e. The van der Waals surface area contributed by atoms with Crippen LogP contribution >= 0.6 is 27.3 Å². The minimum Gasteiger partial charge on any atom is -0.320 e. The zero-order valence-corrected chi connectivity index (χ0v) is 10.4. The van der Waals surface area contributed by atoms with Crippen LogP contribution in [0, 0.1) is 0 Å². The molecule has 1 aromatic carbocycles. The molecule has 0 amide bonds. The van der Waals surface area contributed by atoms with Crippen LogP contribution in [0.25, 0.3) is 10.2 Å². The van der Waals surface area contributed by atoms with Crippen LogP contribution in [0.5, 0.6) is 0 Å². The zero-order valence-electron chi connectivity index (χ0n) is 8.04. The first-order valence-corrected chi connectivity index (χ1v) is 5.94. The fraction of sp³-hybridized carbons (Fsp3) is 0.300. The number of fused-ring (bicyclic) bond motifs is 1. The molecule has 0 aliphatic carbocycles. The van der Waals surface area contributed by atoms with Gasteiger partial charge in [-0.15, -0.1) is 11.3 Å². The average Bonchev–Trinajstić information content (AvgIpc) is 2.48. The summed E-state index contributed by atoms with van der Waals surface area (Å²) in [5.74, 6) is 0. The number of aromatic nitrogens is 1. The van der Waals surface area contributed by atoms with Gasteiger partial charge in [0.1, 0.15) is 5.01 Å². The van der Waals surface area contributed by atoms with E-state index in [1.807, 2.05) is 32.0 Å². The number of hydrogen-bond donors (Lipinski definition) is 1. The van der Waals surface area contributed by atoms with Gasteiger partial charge in [-0.2, -0.15) is 0 Å². The summed E-state index contributed by atoms with van der Waals surface area (Å²) >= 11 is 5.15. The summed E-state index contributed by atoms with van der Waals surface area (Å²) in [6.45, 7) is 3.94. The van der Waals surface area contributed by atoms with E-state index in [2.05, 4.69) is 20.9 Å². The Labute approximate surface area is 95.3 Å². The van der Waals surface area contributed by atoms with Gasteiger partial charge >= 0.3 is 0 Å². The maximum absolute atomic E-state index is 6.00. The number of thiazole rings is 1. The lowest BCUT2D eigenvalue weighted by atomic mass is 10.1. The molecule has 14 heavy (non-hydrogen) atoms. The molecule has 0 spiro atoms. The van der Waals surface area contributed by atoms with E-state index in [9.17, 15) is 0 Å². The van der Waals surface area contributed by atoms with Crippen LogP contribution in [0.4, 0.5) is 0 Å². The van der Waals surface area contributed by atoms with Crippen molar-refractivity contribution >= 4 is 37.5 Å². The SMILES string of the molecule is CC(C)(N)c1nc2cccc(Br)c2s1. The molecule has 0 aliphatic rings. The molecule has 4 heteroatoms. The lowest BCUT2D eigenvalue weighted by Crippen LogP contribution is -2.28. The molecule has 2 N–H and O–H groups in total. The summed E-state index contributed by atoms with van der Waals surface area (Å²) in [6.07, 6.45) is 0. The number of rotatable bonds is 1. The average molecular weight is 271 g/mol. The summed E-state index contributed by atoms with van der Waals surface area (Å²) in [5, 5.41) is 0.972. The minimum atomic E-state index is -0.358. The number of halogens is 1. The third-order valence-corrected chi connectivity index (χ3v) is 4.29. The predicted octanol–water partition coefficient (Wildman–Crippen LogP) is 3.25. The summed E-state index contributed by atoms with van der Waals surface area (Å²) in [6, 6.07) is 6.01. The van der Waals surface area contributed by atoms with Crippen molar-refractivity contribution in [3.8, 4) is 0 Å². The van der Waals surface area contributed by atoms with Gasteiger partial charge in [-0.25, -0.2) is 4.98 Å².